The number of hydrogen-bond acceptors (Lipinski definition) is 0. The quantitative estimate of drug-likeness (QED) is 0.353. The summed E-state index contributed by atoms with van der Waals surface area (Å²) in [6.07, 6.45) is -8.88. The second-order valence-corrected chi connectivity index (χ2v) is 6.67. The summed E-state index contributed by atoms with van der Waals surface area (Å²) < 4.78 is 77.3. The number of halogens is 7. The molecule has 0 N–H and O–H groups in total. The van der Waals surface area contributed by atoms with E-state index in [0.29, 0.717) is 26.7 Å². The number of benzene rings is 3. The first-order valence-electron chi connectivity index (χ1n) is 7.71. The fraction of sp³-hybridized carbons (Fsp3) is 0.100. The van der Waals surface area contributed by atoms with Crippen LogP contribution in [0.3, 0.4) is 0 Å². The fourth-order valence-corrected chi connectivity index (χ4v) is 3.32. The van der Waals surface area contributed by atoms with Crippen LogP contribution in [0.15, 0.2) is 71.2 Å². The van der Waals surface area contributed by atoms with E-state index in [0.717, 1.165) is 24.3 Å². The molecule has 0 saturated carbocycles. The minimum absolute atomic E-state index is 0.519. The summed E-state index contributed by atoms with van der Waals surface area (Å²) in [4.78, 5) is 0. The molecule has 0 aliphatic rings. The summed E-state index contributed by atoms with van der Waals surface area (Å²) >= 11 is 3.38. The van der Waals surface area contributed by atoms with Crippen molar-refractivity contribution in [3.8, 4) is 22.3 Å². The SMILES string of the molecule is FC(F)(F)c1ccc(-c2cccc(Br)c2-c2ccc(C(F)(F)F)cc2)cc1. The first-order valence-corrected chi connectivity index (χ1v) is 8.50. The van der Waals surface area contributed by atoms with Crippen LogP contribution in [-0.2, 0) is 12.4 Å². The number of alkyl halides is 6. The van der Waals surface area contributed by atoms with E-state index in [1.165, 1.54) is 24.3 Å². The molecule has 0 fully saturated rings. The maximum atomic E-state index is 12.8. The predicted octanol–water partition coefficient (Wildman–Crippen LogP) is 7.82. The minimum atomic E-state index is -4.44. The van der Waals surface area contributed by atoms with Crippen molar-refractivity contribution >= 4 is 15.9 Å². The van der Waals surface area contributed by atoms with Crippen molar-refractivity contribution in [2.75, 3.05) is 0 Å². The molecule has 0 aliphatic heterocycles. The van der Waals surface area contributed by atoms with Crippen LogP contribution in [0.1, 0.15) is 11.1 Å². The Morgan fingerprint density at radius 1 is 0.556 bits per heavy atom. The van der Waals surface area contributed by atoms with Crippen molar-refractivity contribution < 1.29 is 26.3 Å². The molecular formula is C20H11BrF6. The van der Waals surface area contributed by atoms with Gasteiger partial charge >= 0.3 is 12.4 Å². The second-order valence-electron chi connectivity index (χ2n) is 5.81. The highest BCUT2D eigenvalue weighted by molar-refractivity contribution is 9.10. The van der Waals surface area contributed by atoms with Gasteiger partial charge in [-0.25, -0.2) is 0 Å². The van der Waals surface area contributed by atoms with Gasteiger partial charge in [-0.2, -0.15) is 26.3 Å². The standard InChI is InChI=1S/C20H11BrF6/c21-17-3-1-2-16(12-4-8-14(9-5-12)19(22,23)24)18(17)13-6-10-15(11-7-13)20(25,26)27/h1-11H. The van der Waals surface area contributed by atoms with Crippen LogP contribution < -0.4 is 0 Å². The Hall–Kier alpha value is -2.28. The van der Waals surface area contributed by atoms with Crippen molar-refractivity contribution in [3.05, 3.63) is 82.3 Å². The fourth-order valence-electron chi connectivity index (χ4n) is 2.72. The van der Waals surface area contributed by atoms with E-state index in [2.05, 4.69) is 15.9 Å². The Kier molecular flexibility index (Phi) is 5.08. The molecule has 0 amide bonds. The van der Waals surface area contributed by atoms with Gasteiger partial charge in [-0.05, 0) is 47.0 Å². The zero-order chi connectivity index (χ0) is 19.8. The summed E-state index contributed by atoms with van der Waals surface area (Å²) in [5, 5.41) is 0. The van der Waals surface area contributed by atoms with Crippen LogP contribution in [0, 0.1) is 0 Å². The predicted molar refractivity (Wildman–Crippen MR) is 95.0 cm³/mol. The molecule has 140 valence electrons. The average Bonchev–Trinajstić information content (AvgIpc) is 2.60. The highest BCUT2D eigenvalue weighted by atomic mass is 79.9. The second kappa shape index (κ2) is 7.03. The molecule has 0 heterocycles. The van der Waals surface area contributed by atoms with Gasteiger partial charge in [0.1, 0.15) is 0 Å². The molecule has 3 aromatic rings. The smallest absolute Gasteiger partial charge is 0.166 e. The van der Waals surface area contributed by atoms with Gasteiger partial charge in [0.2, 0.25) is 0 Å². The molecule has 0 spiro atoms. The van der Waals surface area contributed by atoms with Gasteiger partial charge in [-0.15, -0.1) is 0 Å². The van der Waals surface area contributed by atoms with E-state index in [1.807, 2.05) is 0 Å². The summed E-state index contributed by atoms with van der Waals surface area (Å²) in [6, 6.07) is 14.4. The summed E-state index contributed by atoms with van der Waals surface area (Å²) in [5.41, 5.74) is 0.722. The molecule has 7 heteroatoms. The van der Waals surface area contributed by atoms with Crippen LogP contribution in [0.5, 0.6) is 0 Å². The third-order valence-corrected chi connectivity index (χ3v) is 4.70. The van der Waals surface area contributed by atoms with E-state index in [1.54, 1.807) is 18.2 Å². The molecule has 0 atom stereocenters. The van der Waals surface area contributed by atoms with Crippen molar-refractivity contribution in [2.45, 2.75) is 12.4 Å². The van der Waals surface area contributed by atoms with Gasteiger partial charge in [0.25, 0.3) is 0 Å². The lowest BCUT2D eigenvalue weighted by atomic mass is 9.93. The van der Waals surface area contributed by atoms with E-state index in [9.17, 15) is 26.3 Å². The summed E-state index contributed by atoms with van der Waals surface area (Å²) in [7, 11) is 0. The molecule has 3 rings (SSSR count). The molecule has 0 saturated heterocycles. The zero-order valence-corrected chi connectivity index (χ0v) is 15.1. The molecule has 0 bridgehead atoms. The van der Waals surface area contributed by atoms with Crippen molar-refractivity contribution in [1.82, 2.24) is 0 Å². The van der Waals surface area contributed by atoms with Crippen molar-refractivity contribution in [3.63, 3.8) is 0 Å². The first kappa shape index (κ1) is 19.5. The van der Waals surface area contributed by atoms with Gasteiger partial charge in [-0.1, -0.05) is 52.3 Å². The highest BCUT2D eigenvalue weighted by Gasteiger charge is 2.31. The molecule has 3 aromatic carbocycles. The molecule has 0 aliphatic carbocycles. The lowest BCUT2D eigenvalue weighted by Gasteiger charge is -2.14. The molecule has 0 radical (unpaired) electrons. The van der Waals surface area contributed by atoms with E-state index >= 15 is 0 Å². The summed E-state index contributed by atoms with van der Waals surface area (Å²) in [5.74, 6) is 0. The monoisotopic (exact) mass is 444 g/mol. The maximum absolute atomic E-state index is 12.8. The maximum Gasteiger partial charge on any atom is 0.416 e. The average molecular weight is 445 g/mol. The third kappa shape index (κ3) is 4.18. The summed E-state index contributed by atoms with van der Waals surface area (Å²) in [6.45, 7) is 0. The van der Waals surface area contributed by atoms with E-state index < -0.39 is 23.5 Å². The number of rotatable bonds is 2. The Morgan fingerprint density at radius 3 is 1.44 bits per heavy atom. The molecule has 27 heavy (non-hydrogen) atoms. The van der Waals surface area contributed by atoms with Gasteiger partial charge in [0.05, 0.1) is 11.1 Å². The normalized spacial score (nSPS) is 12.3. The van der Waals surface area contributed by atoms with Gasteiger partial charge in [-0.3, -0.25) is 0 Å². The highest BCUT2D eigenvalue weighted by Crippen LogP contribution is 2.40. The minimum Gasteiger partial charge on any atom is -0.166 e. The van der Waals surface area contributed by atoms with Crippen molar-refractivity contribution in [2.24, 2.45) is 0 Å². The van der Waals surface area contributed by atoms with Crippen LogP contribution in [0.2, 0.25) is 0 Å². The van der Waals surface area contributed by atoms with E-state index in [4.69, 9.17) is 0 Å². The van der Waals surface area contributed by atoms with Crippen LogP contribution in [0.4, 0.5) is 26.3 Å². The Balaban J connectivity index is 2.08. The van der Waals surface area contributed by atoms with Crippen LogP contribution in [-0.4, -0.2) is 0 Å². The molecule has 0 aromatic heterocycles. The topological polar surface area (TPSA) is 0 Å². The molecular weight excluding hydrogens is 434 g/mol. The van der Waals surface area contributed by atoms with Crippen LogP contribution >= 0.6 is 15.9 Å². The zero-order valence-electron chi connectivity index (χ0n) is 13.5. The lowest BCUT2D eigenvalue weighted by molar-refractivity contribution is -0.138. The Bertz CT molecular complexity index is 938. The lowest BCUT2D eigenvalue weighted by Crippen LogP contribution is -2.04. The molecule has 0 unspecified atom stereocenters. The van der Waals surface area contributed by atoms with Gasteiger partial charge in [0.15, 0.2) is 0 Å². The Labute approximate surface area is 159 Å². The van der Waals surface area contributed by atoms with E-state index in [-0.39, 0.29) is 0 Å². The largest absolute Gasteiger partial charge is 0.416 e. The van der Waals surface area contributed by atoms with Crippen LogP contribution in [0.25, 0.3) is 22.3 Å². The molecule has 0 nitrogen and oxygen atoms in total. The van der Waals surface area contributed by atoms with Crippen molar-refractivity contribution in [1.29, 1.82) is 0 Å². The Morgan fingerprint density at radius 2 is 1.00 bits per heavy atom. The number of hydrogen-bond donors (Lipinski definition) is 0. The van der Waals surface area contributed by atoms with Gasteiger partial charge in [0, 0.05) is 10.0 Å². The van der Waals surface area contributed by atoms with Gasteiger partial charge < -0.3 is 0 Å². The third-order valence-electron chi connectivity index (χ3n) is 4.04. The first-order chi connectivity index (χ1) is 12.6.